The number of fused-ring (bicyclic) bond motifs is 1. The van der Waals surface area contributed by atoms with Crippen LogP contribution in [0.1, 0.15) is 15.9 Å². The highest BCUT2D eigenvalue weighted by molar-refractivity contribution is 7.89. The van der Waals surface area contributed by atoms with E-state index in [0.717, 1.165) is 11.4 Å². The van der Waals surface area contributed by atoms with Crippen molar-refractivity contribution in [3.8, 4) is 11.5 Å². The number of ether oxygens (including phenoxy) is 3. The Labute approximate surface area is 190 Å². The van der Waals surface area contributed by atoms with Crippen LogP contribution in [0.5, 0.6) is 11.5 Å². The van der Waals surface area contributed by atoms with Crippen LogP contribution in [0.15, 0.2) is 52.2 Å². The minimum Gasteiger partial charge on any atom is -0.493 e. The van der Waals surface area contributed by atoms with Gasteiger partial charge in [-0.15, -0.1) is 0 Å². The lowest BCUT2D eigenvalue weighted by molar-refractivity contribution is 0.0596. The third-order valence-electron chi connectivity index (χ3n) is 5.03. The zero-order chi connectivity index (χ0) is 24.2. The highest BCUT2D eigenvalue weighted by Crippen LogP contribution is 2.31. The van der Waals surface area contributed by atoms with Crippen LogP contribution in [0.4, 0.5) is 0 Å². The van der Waals surface area contributed by atoms with Gasteiger partial charge in [0.1, 0.15) is 0 Å². The number of hydrogen-bond acceptors (Lipinski definition) is 8. The molecule has 0 aliphatic heterocycles. The van der Waals surface area contributed by atoms with Crippen LogP contribution < -0.4 is 15.0 Å². The number of nitrogens with one attached hydrogen (secondary N) is 1. The Morgan fingerprint density at radius 1 is 1.06 bits per heavy atom. The van der Waals surface area contributed by atoms with Crippen LogP contribution in [0.25, 0.3) is 10.9 Å². The Kier molecular flexibility index (Phi) is 7.36. The predicted octanol–water partition coefficient (Wildman–Crippen LogP) is 1.52. The van der Waals surface area contributed by atoms with E-state index in [1.165, 1.54) is 38.5 Å². The number of carbonyl (C=O) groups excluding carboxylic acids is 1. The fourth-order valence-corrected chi connectivity index (χ4v) is 4.98. The van der Waals surface area contributed by atoms with E-state index in [0.29, 0.717) is 22.4 Å². The van der Waals surface area contributed by atoms with Crippen molar-refractivity contribution in [2.75, 3.05) is 34.5 Å². The molecule has 0 fully saturated rings. The number of benzene rings is 2. The minimum atomic E-state index is -4.27. The maximum atomic E-state index is 13.4. The SMILES string of the molecule is COC(=O)c1ccccc1S(=O)(=O)N(CCO)Cc1cc2cc(OC)c(OC)cc2[nH]c1=O. The molecule has 33 heavy (non-hydrogen) atoms. The number of sulfonamides is 1. The van der Waals surface area contributed by atoms with Crippen molar-refractivity contribution in [2.24, 2.45) is 0 Å². The molecule has 0 amide bonds. The van der Waals surface area contributed by atoms with Crippen molar-refractivity contribution < 1.29 is 32.5 Å². The van der Waals surface area contributed by atoms with Gasteiger partial charge in [0.05, 0.1) is 43.9 Å². The van der Waals surface area contributed by atoms with Gasteiger partial charge < -0.3 is 24.3 Å². The zero-order valence-corrected chi connectivity index (χ0v) is 19.1. The van der Waals surface area contributed by atoms with Gasteiger partial charge in [0.2, 0.25) is 10.0 Å². The number of aliphatic hydroxyl groups excluding tert-OH is 1. The number of nitrogens with zero attached hydrogens (tertiary/aromatic N) is 1. The number of carbonyl (C=O) groups is 1. The number of aliphatic hydroxyl groups is 1. The molecule has 0 aliphatic rings. The molecule has 0 saturated carbocycles. The Morgan fingerprint density at radius 3 is 2.36 bits per heavy atom. The lowest BCUT2D eigenvalue weighted by Gasteiger charge is -2.22. The summed E-state index contributed by atoms with van der Waals surface area (Å²) in [6, 6.07) is 10.4. The van der Waals surface area contributed by atoms with E-state index in [9.17, 15) is 23.1 Å². The molecular formula is C22H24N2O8S. The van der Waals surface area contributed by atoms with E-state index in [1.807, 2.05) is 0 Å². The van der Waals surface area contributed by atoms with E-state index in [2.05, 4.69) is 9.72 Å². The largest absolute Gasteiger partial charge is 0.493 e. The second-order valence-corrected chi connectivity index (χ2v) is 8.87. The van der Waals surface area contributed by atoms with Crippen LogP contribution >= 0.6 is 0 Å². The lowest BCUT2D eigenvalue weighted by atomic mass is 10.1. The number of methoxy groups -OCH3 is 3. The molecule has 0 unspecified atom stereocenters. The van der Waals surface area contributed by atoms with E-state index >= 15 is 0 Å². The fourth-order valence-electron chi connectivity index (χ4n) is 3.39. The number of rotatable bonds is 9. The van der Waals surface area contributed by atoms with Crippen molar-refractivity contribution in [3.05, 3.63) is 63.9 Å². The van der Waals surface area contributed by atoms with Gasteiger partial charge in [-0.2, -0.15) is 4.31 Å². The Morgan fingerprint density at radius 2 is 1.73 bits per heavy atom. The van der Waals surface area contributed by atoms with Gasteiger partial charge in [0.15, 0.2) is 11.5 Å². The van der Waals surface area contributed by atoms with E-state index < -0.39 is 28.2 Å². The number of pyridine rings is 1. The van der Waals surface area contributed by atoms with Crippen LogP contribution in [0.3, 0.4) is 0 Å². The fraction of sp³-hybridized carbons (Fsp3) is 0.273. The van der Waals surface area contributed by atoms with E-state index in [4.69, 9.17) is 9.47 Å². The minimum absolute atomic E-state index is 0.141. The van der Waals surface area contributed by atoms with Gasteiger partial charge >= 0.3 is 5.97 Å². The third kappa shape index (κ3) is 4.85. The standard InChI is InChI=1S/C22H24N2O8S/c1-30-18-11-14-10-15(21(26)23-17(14)12-19(18)31-2)13-24(8-9-25)33(28,29)20-7-5-4-6-16(20)22(27)32-3/h4-7,10-12,25H,8-9,13H2,1-3H3,(H,23,26). The van der Waals surface area contributed by atoms with Gasteiger partial charge in [-0.1, -0.05) is 12.1 Å². The van der Waals surface area contributed by atoms with Crippen molar-refractivity contribution in [3.63, 3.8) is 0 Å². The first-order valence-electron chi connectivity index (χ1n) is 9.83. The smallest absolute Gasteiger partial charge is 0.339 e. The Hall–Kier alpha value is -3.41. The van der Waals surface area contributed by atoms with Gasteiger partial charge in [-0.3, -0.25) is 4.79 Å². The van der Waals surface area contributed by atoms with Crippen LogP contribution in [0.2, 0.25) is 0 Å². The Balaban J connectivity index is 2.08. The number of aromatic amines is 1. The maximum Gasteiger partial charge on any atom is 0.339 e. The first kappa shape index (κ1) is 24.2. The molecule has 0 saturated heterocycles. The summed E-state index contributed by atoms with van der Waals surface area (Å²) >= 11 is 0. The molecule has 2 aromatic carbocycles. The van der Waals surface area contributed by atoms with Gasteiger partial charge in [0.25, 0.3) is 5.56 Å². The molecule has 1 aromatic heterocycles. The van der Waals surface area contributed by atoms with Crippen LogP contribution in [0, 0.1) is 0 Å². The topological polar surface area (TPSA) is 135 Å². The van der Waals surface area contributed by atoms with Crippen molar-refractivity contribution in [1.29, 1.82) is 0 Å². The second-order valence-electron chi connectivity index (χ2n) is 6.97. The monoisotopic (exact) mass is 476 g/mol. The summed E-state index contributed by atoms with van der Waals surface area (Å²) < 4.78 is 42.9. The van der Waals surface area contributed by atoms with Crippen molar-refractivity contribution in [1.82, 2.24) is 9.29 Å². The quantitative estimate of drug-likeness (QED) is 0.444. The molecule has 10 nitrogen and oxygen atoms in total. The van der Waals surface area contributed by atoms with Crippen molar-refractivity contribution in [2.45, 2.75) is 11.4 Å². The van der Waals surface area contributed by atoms with E-state index in [1.54, 1.807) is 18.2 Å². The summed E-state index contributed by atoms with van der Waals surface area (Å²) in [5.74, 6) is 0.0508. The first-order valence-corrected chi connectivity index (χ1v) is 11.3. The molecule has 0 bridgehead atoms. The third-order valence-corrected chi connectivity index (χ3v) is 6.93. The van der Waals surface area contributed by atoms with Gasteiger partial charge in [0, 0.05) is 30.1 Å². The Bertz CT molecular complexity index is 1330. The average Bonchev–Trinajstić information content (AvgIpc) is 2.82. The number of H-pyrrole nitrogens is 1. The molecule has 0 radical (unpaired) electrons. The maximum absolute atomic E-state index is 13.4. The summed E-state index contributed by atoms with van der Waals surface area (Å²) in [4.78, 5) is 27.3. The first-order chi connectivity index (χ1) is 15.8. The molecule has 0 aliphatic carbocycles. The predicted molar refractivity (Wildman–Crippen MR) is 120 cm³/mol. The average molecular weight is 477 g/mol. The van der Waals surface area contributed by atoms with Crippen LogP contribution in [-0.4, -0.2) is 63.3 Å². The number of aromatic nitrogens is 1. The highest BCUT2D eigenvalue weighted by Gasteiger charge is 2.30. The molecule has 0 spiro atoms. The molecule has 3 rings (SSSR count). The van der Waals surface area contributed by atoms with Gasteiger partial charge in [-0.25, -0.2) is 13.2 Å². The summed E-state index contributed by atoms with van der Waals surface area (Å²) in [5.41, 5.74) is -0.0300. The zero-order valence-electron chi connectivity index (χ0n) is 18.3. The molecule has 0 atom stereocenters. The van der Waals surface area contributed by atoms with Crippen LogP contribution in [-0.2, 0) is 21.3 Å². The molecule has 176 valence electrons. The molecular weight excluding hydrogens is 452 g/mol. The second kappa shape index (κ2) is 10.0. The summed E-state index contributed by atoms with van der Waals surface area (Å²) in [6.45, 7) is -1.12. The highest BCUT2D eigenvalue weighted by atomic mass is 32.2. The normalized spacial score (nSPS) is 11.5. The summed E-state index contributed by atoms with van der Waals surface area (Å²) in [5, 5.41) is 10.1. The summed E-state index contributed by atoms with van der Waals surface area (Å²) in [6.07, 6.45) is 0. The number of hydrogen-bond donors (Lipinski definition) is 2. The van der Waals surface area contributed by atoms with Crippen molar-refractivity contribution >= 4 is 26.9 Å². The molecule has 1 heterocycles. The molecule has 11 heteroatoms. The van der Waals surface area contributed by atoms with E-state index in [-0.39, 0.29) is 29.1 Å². The molecule has 2 N–H and O–H groups in total. The number of esters is 1. The lowest BCUT2D eigenvalue weighted by Crippen LogP contribution is -2.35. The molecule has 3 aromatic rings. The summed E-state index contributed by atoms with van der Waals surface area (Å²) in [7, 11) is -0.169. The van der Waals surface area contributed by atoms with Gasteiger partial charge in [-0.05, 0) is 24.3 Å².